The van der Waals surface area contributed by atoms with Crippen LogP contribution in [0, 0.1) is 38.3 Å². The van der Waals surface area contributed by atoms with Crippen LogP contribution in [0.1, 0.15) is 85.5 Å². The summed E-state index contributed by atoms with van der Waals surface area (Å²) in [6.45, 7) is 10.5. The van der Waals surface area contributed by atoms with Gasteiger partial charge >= 0.3 is 6.18 Å². The molecule has 1 N–H and O–H groups in total. The molecule has 256 valence electrons. The lowest BCUT2D eigenvalue weighted by atomic mass is 9.89. The van der Waals surface area contributed by atoms with Gasteiger partial charge in [-0.25, -0.2) is 8.78 Å². The summed E-state index contributed by atoms with van der Waals surface area (Å²) in [5.41, 5.74) is 0.573. The van der Waals surface area contributed by atoms with Crippen LogP contribution in [0.3, 0.4) is 0 Å². The van der Waals surface area contributed by atoms with E-state index in [1.165, 1.54) is 18.2 Å². The maximum Gasteiger partial charge on any atom is 0.416 e. The normalized spacial score (nSPS) is 13.3. The second-order valence-electron chi connectivity index (χ2n) is 12.9. The van der Waals surface area contributed by atoms with Crippen molar-refractivity contribution in [3.63, 3.8) is 0 Å². The van der Waals surface area contributed by atoms with Gasteiger partial charge in [0.15, 0.2) is 0 Å². The zero-order chi connectivity index (χ0) is 35.4. The van der Waals surface area contributed by atoms with Crippen molar-refractivity contribution < 1.29 is 31.5 Å². The molecule has 1 amide bonds. The van der Waals surface area contributed by atoms with Crippen LogP contribution >= 0.6 is 0 Å². The number of pyridine rings is 1. The number of rotatable bonds is 13. The number of likely N-dealkylation sites (N-methyl/N-ethyl adjacent to an activating group) is 1. The highest BCUT2D eigenvalue weighted by molar-refractivity contribution is 5.84. The molecule has 0 radical (unpaired) electrons. The predicted molar refractivity (Wildman–Crippen MR) is 173 cm³/mol. The topological polar surface area (TPSA) is 71.4 Å². The molecule has 1 heterocycles. The van der Waals surface area contributed by atoms with Crippen LogP contribution in [-0.2, 0) is 22.2 Å². The summed E-state index contributed by atoms with van der Waals surface area (Å²) in [6.07, 6.45) is -3.75. The number of aryl methyl sites for hydroxylation is 3. The number of nitrogens with one attached hydrogen (secondary N) is 1. The minimum atomic E-state index is -4.77. The molecule has 2 aromatic carbocycles. The summed E-state index contributed by atoms with van der Waals surface area (Å²) in [5, 5.41) is 2.78. The van der Waals surface area contributed by atoms with Gasteiger partial charge in [-0.2, -0.15) is 13.2 Å². The highest BCUT2D eigenvalue weighted by Gasteiger charge is 2.36. The molecule has 6 nitrogen and oxygen atoms in total. The number of nitrogens with zero attached hydrogens (tertiary/aromatic N) is 2. The predicted octanol–water partition coefficient (Wildman–Crippen LogP) is 7.66. The van der Waals surface area contributed by atoms with Crippen LogP contribution in [0.4, 0.5) is 22.0 Å². The van der Waals surface area contributed by atoms with Crippen LogP contribution in [0.25, 0.3) is 11.1 Å². The molecule has 0 aliphatic carbocycles. The van der Waals surface area contributed by atoms with Crippen LogP contribution in [-0.4, -0.2) is 41.8 Å². The van der Waals surface area contributed by atoms with Crippen LogP contribution in [0.5, 0.6) is 0 Å². The first-order chi connectivity index (χ1) is 21.8. The zero-order valence-electron chi connectivity index (χ0n) is 28.2. The number of carbonyl (C=O) groups is 2. The van der Waals surface area contributed by atoms with Gasteiger partial charge in [0.2, 0.25) is 5.91 Å². The van der Waals surface area contributed by atoms with E-state index in [4.69, 9.17) is 0 Å². The standard InChI is InChI=1S/C36H44F5N3O3/c1-9-27(45)17-30(28-16-25(13-23(6)34(28)38)33-21(4)14-26(37)15-22(33)5)42-35(47)31(12-20(2)3)44-19-24(10-11-43(7)8)29(18-32(44)46)36(39,40)41/h13-16,18-20,30-31H,9-12,17H2,1-8H3,(H,42,47)/t30-,31-/m0/s1. The minimum Gasteiger partial charge on any atom is -0.347 e. The van der Waals surface area contributed by atoms with Gasteiger partial charge < -0.3 is 14.8 Å². The van der Waals surface area contributed by atoms with Crippen molar-refractivity contribution in [1.29, 1.82) is 0 Å². The minimum absolute atomic E-state index is 0.0226. The van der Waals surface area contributed by atoms with Crippen molar-refractivity contribution in [3.05, 3.63) is 91.9 Å². The van der Waals surface area contributed by atoms with Gasteiger partial charge in [-0.3, -0.25) is 14.4 Å². The number of Topliss-reactive ketones (excluding diaryl/α,β-unsaturated/α-hetero) is 1. The Morgan fingerprint density at radius 1 is 0.957 bits per heavy atom. The fourth-order valence-electron chi connectivity index (χ4n) is 5.88. The van der Waals surface area contributed by atoms with Crippen LogP contribution in [0.15, 0.2) is 41.3 Å². The fourth-order valence-corrected chi connectivity index (χ4v) is 5.88. The number of hydrogen-bond acceptors (Lipinski definition) is 4. The van der Waals surface area contributed by atoms with E-state index in [-0.39, 0.29) is 60.6 Å². The van der Waals surface area contributed by atoms with E-state index in [9.17, 15) is 31.9 Å². The number of aromatic nitrogens is 1. The Hall–Kier alpha value is -3.86. The molecule has 0 aliphatic heterocycles. The molecule has 1 aromatic heterocycles. The van der Waals surface area contributed by atoms with Gasteiger partial charge in [0.1, 0.15) is 23.5 Å². The van der Waals surface area contributed by atoms with Crippen molar-refractivity contribution in [2.75, 3.05) is 20.6 Å². The van der Waals surface area contributed by atoms with E-state index in [0.29, 0.717) is 28.3 Å². The average Bonchev–Trinajstić information content (AvgIpc) is 2.95. The lowest BCUT2D eigenvalue weighted by Crippen LogP contribution is -2.41. The molecule has 0 unspecified atom stereocenters. The van der Waals surface area contributed by atoms with Crippen LogP contribution in [0.2, 0.25) is 0 Å². The maximum atomic E-state index is 15.9. The third-order valence-corrected chi connectivity index (χ3v) is 8.22. The van der Waals surface area contributed by atoms with Gasteiger partial charge in [-0.1, -0.05) is 20.8 Å². The Morgan fingerprint density at radius 2 is 1.57 bits per heavy atom. The van der Waals surface area contributed by atoms with E-state index < -0.39 is 46.9 Å². The van der Waals surface area contributed by atoms with E-state index >= 15 is 4.39 Å². The van der Waals surface area contributed by atoms with E-state index in [1.807, 2.05) is 0 Å². The Balaban J connectivity index is 2.17. The molecule has 0 bridgehead atoms. The number of benzene rings is 2. The van der Waals surface area contributed by atoms with Crippen molar-refractivity contribution in [2.24, 2.45) is 5.92 Å². The number of hydrogen-bond donors (Lipinski definition) is 1. The number of alkyl halides is 3. The summed E-state index contributed by atoms with van der Waals surface area (Å²) < 4.78 is 72.8. The second kappa shape index (κ2) is 15.4. The van der Waals surface area contributed by atoms with Crippen LogP contribution < -0.4 is 10.9 Å². The molecular weight excluding hydrogens is 617 g/mol. The molecule has 3 rings (SSSR count). The Morgan fingerprint density at radius 3 is 2.11 bits per heavy atom. The smallest absolute Gasteiger partial charge is 0.347 e. The van der Waals surface area contributed by atoms with Crippen molar-refractivity contribution in [1.82, 2.24) is 14.8 Å². The molecule has 0 aliphatic rings. The molecule has 47 heavy (non-hydrogen) atoms. The lowest BCUT2D eigenvalue weighted by molar-refractivity contribution is -0.138. The Kier molecular flexibility index (Phi) is 12.3. The molecule has 3 aromatic rings. The highest BCUT2D eigenvalue weighted by Crippen LogP contribution is 2.35. The largest absolute Gasteiger partial charge is 0.416 e. The number of halogens is 5. The molecular formula is C36H44F5N3O3. The van der Waals surface area contributed by atoms with E-state index in [0.717, 1.165) is 10.8 Å². The highest BCUT2D eigenvalue weighted by atomic mass is 19.4. The fraction of sp³-hybridized carbons (Fsp3) is 0.472. The number of carbonyl (C=O) groups excluding carboxylic acids is 2. The first kappa shape index (κ1) is 37.6. The first-order valence-corrected chi connectivity index (χ1v) is 15.7. The summed E-state index contributed by atoms with van der Waals surface area (Å²) in [5.74, 6) is -2.21. The first-order valence-electron chi connectivity index (χ1n) is 15.7. The van der Waals surface area contributed by atoms with Gasteiger partial charge in [0.25, 0.3) is 5.56 Å². The summed E-state index contributed by atoms with van der Waals surface area (Å²) in [7, 11) is 3.43. The number of amides is 1. The molecule has 0 saturated heterocycles. The van der Waals surface area contributed by atoms with E-state index in [2.05, 4.69) is 5.32 Å². The Bertz CT molecular complexity index is 1650. The Labute approximate surface area is 273 Å². The van der Waals surface area contributed by atoms with Crippen molar-refractivity contribution >= 4 is 11.7 Å². The average molecular weight is 662 g/mol. The molecule has 0 spiro atoms. The third-order valence-electron chi connectivity index (χ3n) is 8.22. The molecule has 2 atom stereocenters. The van der Waals surface area contributed by atoms with Crippen molar-refractivity contribution in [3.8, 4) is 11.1 Å². The summed E-state index contributed by atoms with van der Waals surface area (Å²) in [6, 6.07) is 4.01. The summed E-state index contributed by atoms with van der Waals surface area (Å²) >= 11 is 0. The molecule has 0 saturated carbocycles. The quantitative estimate of drug-likeness (QED) is 0.191. The number of ketones is 1. The maximum absolute atomic E-state index is 15.9. The monoisotopic (exact) mass is 661 g/mol. The summed E-state index contributed by atoms with van der Waals surface area (Å²) in [4.78, 5) is 41.7. The molecule has 11 heteroatoms. The lowest BCUT2D eigenvalue weighted by Gasteiger charge is -2.27. The van der Waals surface area contributed by atoms with Crippen molar-refractivity contribution in [2.45, 2.75) is 85.5 Å². The molecule has 0 fully saturated rings. The SMILES string of the molecule is CCC(=O)C[C@H](NC(=O)[C@H](CC(C)C)n1cc(CCN(C)C)c(C(F)(F)F)cc1=O)c1cc(-c2c(C)cc(F)cc2C)cc(C)c1F. The van der Waals surface area contributed by atoms with Gasteiger partial charge in [0, 0.05) is 37.2 Å². The third kappa shape index (κ3) is 9.37. The second-order valence-corrected chi connectivity index (χ2v) is 12.9. The zero-order valence-corrected chi connectivity index (χ0v) is 28.2. The van der Waals surface area contributed by atoms with Gasteiger partial charge in [-0.15, -0.1) is 0 Å². The van der Waals surface area contributed by atoms with Gasteiger partial charge in [0.05, 0.1) is 11.6 Å². The van der Waals surface area contributed by atoms with E-state index in [1.54, 1.807) is 66.6 Å². The van der Waals surface area contributed by atoms with Gasteiger partial charge in [-0.05, 0) is 111 Å².